The zero-order valence-electron chi connectivity index (χ0n) is 22.9. The van der Waals surface area contributed by atoms with Crippen molar-refractivity contribution in [1.29, 1.82) is 0 Å². The molecule has 0 spiro atoms. The van der Waals surface area contributed by atoms with Gasteiger partial charge in [0.15, 0.2) is 11.5 Å². The molecule has 0 saturated carbocycles. The van der Waals surface area contributed by atoms with Crippen molar-refractivity contribution in [3.8, 4) is 11.5 Å². The standard InChI is InChI=1S/C33H35NO5/c1-22(2)32(35)37-18-6-8-25-12-16-28-30(20-25)39-31-21-26(9-7-19-38-33(36)23(3)4)13-17-29(31)34(28)27-14-10-24(5)11-15-27/h10-17,20-21H,1,3,6-9,18-19H2,2,4-5H3. The molecule has 0 atom stereocenters. The summed E-state index contributed by atoms with van der Waals surface area (Å²) in [7, 11) is 0. The Kier molecular flexibility index (Phi) is 8.87. The molecule has 0 amide bonds. The van der Waals surface area contributed by atoms with E-state index in [9.17, 15) is 9.59 Å². The lowest BCUT2D eigenvalue weighted by molar-refractivity contribution is -0.139. The Morgan fingerprint density at radius 1 is 0.744 bits per heavy atom. The normalized spacial score (nSPS) is 11.6. The Labute approximate surface area is 230 Å². The molecule has 3 aromatic rings. The molecule has 0 saturated heterocycles. The van der Waals surface area contributed by atoms with Crippen LogP contribution in [0.3, 0.4) is 0 Å². The zero-order chi connectivity index (χ0) is 27.9. The fourth-order valence-electron chi connectivity index (χ4n) is 4.31. The van der Waals surface area contributed by atoms with Crippen LogP contribution in [0.1, 0.15) is 43.4 Å². The number of fused-ring (bicyclic) bond motifs is 2. The van der Waals surface area contributed by atoms with Gasteiger partial charge in [-0.3, -0.25) is 0 Å². The van der Waals surface area contributed by atoms with E-state index in [0.717, 1.165) is 52.5 Å². The fraction of sp³-hybridized carbons (Fsp3) is 0.273. The number of carbonyl (C=O) groups excluding carboxylic acids is 2. The molecule has 1 aliphatic heterocycles. The Hall–Kier alpha value is -4.32. The predicted molar refractivity (Wildman–Crippen MR) is 154 cm³/mol. The highest BCUT2D eigenvalue weighted by molar-refractivity contribution is 5.88. The summed E-state index contributed by atoms with van der Waals surface area (Å²) in [5.74, 6) is 0.817. The van der Waals surface area contributed by atoms with Crippen LogP contribution < -0.4 is 9.64 Å². The molecule has 6 heteroatoms. The summed E-state index contributed by atoms with van der Waals surface area (Å²) >= 11 is 0. The van der Waals surface area contributed by atoms with E-state index >= 15 is 0 Å². The van der Waals surface area contributed by atoms with Gasteiger partial charge >= 0.3 is 11.9 Å². The van der Waals surface area contributed by atoms with Crippen molar-refractivity contribution in [2.24, 2.45) is 0 Å². The van der Waals surface area contributed by atoms with Crippen molar-refractivity contribution >= 4 is 29.0 Å². The van der Waals surface area contributed by atoms with Gasteiger partial charge in [0.2, 0.25) is 0 Å². The van der Waals surface area contributed by atoms with Gasteiger partial charge in [0.25, 0.3) is 0 Å². The van der Waals surface area contributed by atoms with Crippen LogP contribution in [-0.2, 0) is 31.9 Å². The van der Waals surface area contributed by atoms with Crippen molar-refractivity contribution in [2.75, 3.05) is 18.1 Å². The van der Waals surface area contributed by atoms with E-state index in [1.165, 1.54) is 5.56 Å². The van der Waals surface area contributed by atoms with E-state index in [0.29, 0.717) is 37.2 Å². The first kappa shape index (κ1) is 27.7. The molecule has 0 fully saturated rings. The maximum absolute atomic E-state index is 11.6. The number of anilines is 3. The number of nitrogens with zero attached hydrogens (tertiary/aromatic N) is 1. The monoisotopic (exact) mass is 525 g/mol. The van der Waals surface area contributed by atoms with Gasteiger partial charge in [-0.05, 0) is 94.0 Å². The lowest BCUT2D eigenvalue weighted by Crippen LogP contribution is -2.16. The smallest absolute Gasteiger partial charge is 0.333 e. The maximum atomic E-state index is 11.6. The average molecular weight is 526 g/mol. The number of hydrogen-bond acceptors (Lipinski definition) is 6. The van der Waals surface area contributed by atoms with E-state index in [2.05, 4.69) is 85.6 Å². The highest BCUT2D eigenvalue weighted by Crippen LogP contribution is 2.51. The number of hydrogen-bond donors (Lipinski definition) is 0. The minimum Gasteiger partial charge on any atom is -0.462 e. The molecule has 4 rings (SSSR count). The van der Waals surface area contributed by atoms with Crippen LogP contribution in [0.15, 0.2) is 85.0 Å². The molecule has 0 bridgehead atoms. The summed E-state index contributed by atoms with van der Waals surface area (Å²) < 4.78 is 16.9. The zero-order valence-corrected chi connectivity index (χ0v) is 22.9. The molecule has 0 unspecified atom stereocenters. The van der Waals surface area contributed by atoms with E-state index < -0.39 is 0 Å². The van der Waals surface area contributed by atoms with Crippen LogP contribution in [0.4, 0.5) is 17.1 Å². The molecular formula is C33H35NO5. The molecule has 1 heterocycles. The third-order valence-corrected chi connectivity index (χ3v) is 6.43. The van der Waals surface area contributed by atoms with Gasteiger partial charge in [-0.1, -0.05) is 43.0 Å². The number of rotatable bonds is 11. The topological polar surface area (TPSA) is 65.1 Å². The van der Waals surface area contributed by atoms with Crippen LogP contribution in [0.5, 0.6) is 11.5 Å². The van der Waals surface area contributed by atoms with E-state index in [1.807, 2.05) is 0 Å². The quantitative estimate of drug-likeness (QED) is 0.114. The van der Waals surface area contributed by atoms with Crippen LogP contribution in [0.2, 0.25) is 0 Å². The Bertz CT molecular complexity index is 1310. The third-order valence-electron chi connectivity index (χ3n) is 6.43. The highest BCUT2D eigenvalue weighted by atomic mass is 16.5. The van der Waals surface area contributed by atoms with E-state index in [1.54, 1.807) is 13.8 Å². The average Bonchev–Trinajstić information content (AvgIpc) is 2.92. The summed E-state index contributed by atoms with van der Waals surface area (Å²) in [4.78, 5) is 25.5. The minimum atomic E-state index is -0.362. The van der Waals surface area contributed by atoms with Gasteiger partial charge in [-0.15, -0.1) is 0 Å². The van der Waals surface area contributed by atoms with Crippen molar-refractivity contribution in [3.05, 3.63) is 102 Å². The predicted octanol–water partition coefficient (Wildman–Crippen LogP) is 7.67. The fourth-order valence-corrected chi connectivity index (χ4v) is 4.31. The molecule has 39 heavy (non-hydrogen) atoms. The summed E-state index contributed by atoms with van der Waals surface area (Å²) in [5.41, 5.74) is 7.17. The number of aryl methyl sites for hydroxylation is 3. The second kappa shape index (κ2) is 12.5. The van der Waals surface area contributed by atoms with Gasteiger partial charge in [0.05, 0.1) is 24.6 Å². The van der Waals surface area contributed by atoms with E-state index in [4.69, 9.17) is 14.2 Å². The lowest BCUT2D eigenvalue weighted by Gasteiger charge is -2.33. The Morgan fingerprint density at radius 2 is 1.21 bits per heavy atom. The minimum absolute atomic E-state index is 0.340. The van der Waals surface area contributed by atoms with Gasteiger partial charge < -0.3 is 19.1 Å². The third kappa shape index (κ3) is 6.96. The molecule has 0 radical (unpaired) electrons. The van der Waals surface area contributed by atoms with Crippen LogP contribution >= 0.6 is 0 Å². The Morgan fingerprint density at radius 3 is 1.64 bits per heavy atom. The molecule has 3 aromatic carbocycles. The number of carbonyl (C=O) groups is 2. The highest BCUT2D eigenvalue weighted by Gasteiger charge is 2.26. The van der Waals surface area contributed by atoms with E-state index in [-0.39, 0.29) is 11.9 Å². The van der Waals surface area contributed by atoms with Crippen molar-refractivity contribution in [3.63, 3.8) is 0 Å². The first-order valence-corrected chi connectivity index (χ1v) is 13.2. The largest absolute Gasteiger partial charge is 0.462 e. The maximum Gasteiger partial charge on any atom is 0.333 e. The van der Waals surface area contributed by atoms with Crippen LogP contribution in [0.25, 0.3) is 0 Å². The molecule has 0 N–H and O–H groups in total. The van der Waals surface area contributed by atoms with Gasteiger partial charge in [-0.25, -0.2) is 9.59 Å². The molecule has 0 aromatic heterocycles. The molecular weight excluding hydrogens is 490 g/mol. The van der Waals surface area contributed by atoms with Crippen molar-refractivity contribution in [1.82, 2.24) is 0 Å². The SMILES string of the molecule is C=C(C)C(=O)OCCCc1ccc2c(c1)Oc1cc(CCCOC(=O)C(=C)C)ccc1N2c1ccc(C)cc1. The van der Waals surface area contributed by atoms with Crippen molar-refractivity contribution < 1.29 is 23.8 Å². The van der Waals surface area contributed by atoms with Gasteiger partial charge in [0, 0.05) is 16.8 Å². The molecule has 6 nitrogen and oxygen atoms in total. The molecule has 0 aliphatic carbocycles. The Balaban J connectivity index is 1.54. The second-order valence-corrected chi connectivity index (χ2v) is 9.92. The molecule has 1 aliphatic rings. The van der Waals surface area contributed by atoms with Crippen molar-refractivity contribution in [2.45, 2.75) is 46.5 Å². The van der Waals surface area contributed by atoms with Crippen LogP contribution in [-0.4, -0.2) is 25.2 Å². The molecule has 202 valence electrons. The van der Waals surface area contributed by atoms with Gasteiger partial charge in [0.1, 0.15) is 0 Å². The van der Waals surface area contributed by atoms with Crippen LogP contribution in [0, 0.1) is 6.92 Å². The second-order valence-electron chi connectivity index (χ2n) is 9.92. The summed E-state index contributed by atoms with van der Waals surface area (Å²) in [6.45, 7) is 13.3. The first-order chi connectivity index (χ1) is 18.7. The summed E-state index contributed by atoms with van der Waals surface area (Å²) in [5, 5.41) is 0. The van der Waals surface area contributed by atoms with Gasteiger partial charge in [-0.2, -0.15) is 0 Å². The summed E-state index contributed by atoms with van der Waals surface area (Å²) in [6.07, 6.45) is 2.91. The summed E-state index contributed by atoms with van der Waals surface area (Å²) in [6, 6.07) is 20.9. The number of benzene rings is 3. The number of ether oxygens (including phenoxy) is 3. The number of esters is 2. The first-order valence-electron chi connectivity index (χ1n) is 13.2. The lowest BCUT2D eigenvalue weighted by atomic mass is 10.0.